The van der Waals surface area contributed by atoms with Crippen LogP contribution in [0, 0.1) is 0 Å². The Labute approximate surface area is 159 Å². The van der Waals surface area contributed by atoms with Gasteiger partial charge in [-0.3, -0.25) is 0 Å². The highest BCUT2D eigenvalue weighted by atomic mass is 16.5. The Morgan fingerprint density at radius 1 is 0.963 bits per heavy atom. The second-order valence-electron chi connectivity index (χ2n) is 6.27. The molecule has 6 heteroatoms. The largest absolute Gasteiger partial charge is 0.496 e. The van der Waals surface area contributed by atoms with E-state index in [4.69, 9.17) is 9.47 Å². The molecule has 3 rings (SSSR count). The average molecular weight is 364 g/mol. The van der Waals surface area contributed by atoms with Gasteiger partial charge in [-0.15, -0.1) is 0 Å². The zero-order valence-electron chi connectivity index (χ0n) is 15.8. The zero-order chi connectivity index (χ0) is 19.1. The number of hydrogen-bond donors (Lipinski definition) is 2. The highest BCUT2D eigenvalue weighted by molar-refractivity contribution is 5.59. The number of aromatic nitrogens is 2. The smallest absolute Gasteiger partial charge is 0.135 e. The van der Waals surface area contributed by atoms with Crippen LogP contribution in [0.2, 0.25) is 0 Å². The van der Waals surface area contributed by atoms with Gasteiger partial charge in [-0.05, 0) is 44.2 Å². The van der Waals surface area contributed by atoms with E-state index in [1.165, 1.54) is 6.33 Å². The summed E-state index contributed by atoms with van der Waals surface area (Å²) in [5.74, 6) is 3.14. The molecule has 3 aromatic rings. The SMILES string of the molecule is COc1ccccc1CNc1cc(Nc2ccc(OC(C)C)cc2)ncn1. The molecule has 0 radical (unpaired) electrons. The number of methoxy groups -OCH3 is 1. The van der Waals surface area contributed by atoms with E-state index in [1.54, 1.807) is 7.11 Å². The van der Waals surface area contributed by atoms with Crippen molar-refractivity contribution in [2.24, 2.45) is 0 Å². The fraction of sp³-hybridized carbons (Fsp3) is 0.238. The number of para-hydroxylation sites is 1. The van der Waals surface area contributed by atoms with Gasteiger partial charge >= 0.3 is 0 Å². The van der Waals surface area contributed by atoms with E-state index < -0.39 is 0 Å². The van der Waals surface area contributed by atoms with Crippen molar-refractivity contribution in [3.8, 4) is 11.5 Å². The highest BCUT2D eigenvalue weighted by Crippen LogP contribution is 2.22. The number of nitrogens with one attached hydrogen (secondary N) is 2. The van der Waals surface area contributed by atoms with E-state index in [2.05, 4.69) is 20.6 Å². The molecular formula is C21H24N4O2. The van der Waals surface area contributed by atoms with Crippen LogP contribution in [0.3, 0.4) is 0 Å². The molecule has 0 saturated carbocycles. The van der Waals surface area contributed by atoms with E-state index in [0.29, 0.717) is 12.4 Å². The second kappa shape index (κ2) is 8.89. The molecule has 0 atom stereocenters. The van der Waals surface area contributed by atoms with Gasteiger partial charge in [-0.25, -0.2) is 9.97 Å². The van der Waals surface area contributed by atoms with E-state index in [9.17, 15) is 0 Å². The Balaban J connectivity index is 1.63. The molecule has 0 amide bonds. The van der Waals surface area contributed by atoms with Gasteiger partial charge in [0.1, 0.15) is 29.5 Å². The van der Waals surface area contributed by atoms with Crippen molar-refractivity contribution in [1.82, 2.24) is 9.97 Å². The standard InChI is InChI=1S/C21H24N4O2/c1-15(2)27-18-10-8-17(9-11-18)25-21-12-20(23-14-24-21)22-13-16-6-4-5-7-19(16)26-3/h4-12,14-15H,13H2,1-3H3,(H2,22,23,24,25). The first-order valence-electron chi connectivity index (χ1n) is 8.85. The average Bonchev–Trinajstić information content (AvgIpc) is 2.68. The summed E-state index contributed by atoms with van der Waals surface area (Å²) in [6.45, 7) is 4.63. The van der Waals surface area contributed by atoms with Crippen LogP contribution in [0.25, 0.3) is 0 Å². The summed E-state index contributed by atoms with van der Waals surface area (Å²) >= 11 is 0. The molecule has 2 N–H and O–H groups in total. The number of benzene rings is 2. The van der Waals surface area contributed by atoms with Crippen LogP contribution in [0.5, 0.6) is 11.5 Å². The molecule has 0 aliphatic carbocycles. The number of anilines is 3. The minimum Gasteiger partial charge on any atom is -0.496 e. The quantitative estimate of drug-likeness (QED) is 0.607. The Morgan fingerprint density at radius 3 is 2.44 bits per heavy atom. The summed E-state index contributed by atoms with van der Waals surface area (Å²) in [6.07, 6.45) is 1.69. The number of hydrogen-bond acceptors (Lipinski definition) is 6. The maximum absolute atomic E-state index is 5.66. The predicted molar refractivity (Wildman–Crippen MR) is 108 cm³/mol. The summed E-state index contributed by atoms with van der Waals surface area (Å²) in [5.41, 5.74) is 1.99. The van der Waals surface area contributed by atoms with Crippen molar-refractivity contribution >= 4 is 17.3 Å². The maximum Gasteiger partial charge on any atom is 0.135 e. The lowest BCUT2D eigenvalue weighted by molar-refractivity contribution is 0.242. The summed E-state index contributed by atoms with van der Waals surface area (Å²) in [6, 6.07) is 17.6. The minimum atomic E-state index is 0.155. The lowest BCUT2D eigenvalue weighted by Gasteiger charge is -2.12. The van der Waals surface area contributed by atoms with Crippen molar-refractivity contribution in [2.75, 3.05) is 17.7 Å². The van der Waals surface area contributed by atoms with Crippen LogP contribution in [-0.4, -0.2) is 23.2 Å². The molecule has 0 spiro atoms. The van der Waals surface area contributed by atoms with Crippen molar-refractivity contribution < 1.29 is 9.47 Å². The third-order valence-electron chi connectivity index (χ3n) is 3.82. The van der Waals surface area contributed by atoms with Crippen molar-refractivity contribution in [1.29, 1.82) is 0 Å². The third kappa shape index (κ3) is 5.34. The summed E-state index contributed by atoms with van der Waals surface area (Å²) in [4.78, 5) is 8.55. The van der Waals surface area contributed by atoms with Crippen LogP contribution < -0.4 is 20.1 Å². The Bertz CT molecular complexity index is 866. The fourth-order valence-corrected chi connectivity index (χ4v) is 2.59. The third-order valence-corrected chi connectivity index (χ3v) is 3.82. The number of ether oxygens (including phenoxy) is 2. The molecule has 6 nitrogen and oxygen atoms in total. The second-order valence-corrected chi connectivity index (χ2v) is 6.27. The predicted octanol–water partition coefficient (Wildman–Crippen LogP) is 4.63. The van der Waals surface area contributed by atoms with Crippen LogP contribution in [0.1, 0.15) is 19.4 Å². The van der Waals surface area contributed by atoms with Crippen LogP contribution >= 0.6 is 0 Å². The normalized spacial score (nSPS) is 10.5. The molecule has 2 aromatic carbocycles. The van der Waals surface area contributed by atoms with Gasteiger partial charge in [0.2, 0.25) is 0 Å². The Kier molecular flexibility index (Phi) is 6.10. The fourth-order valence-electron chi connectivity index (χ4n) is 2.59. The van der Waals surface area contributed by atoms with E-state index in [-0.39, 0.29) is 6.10 Å². The van der Waals surface area contributed by atoms with Crippen LogP contribution in [0.15, 0.2) is 60.9 Å². The first-order chi connectivity index (χ1) is 13.1. The van der Waals surface area contributed by atoms with Crippen LogP contribution in [-0.2, 0) is 6.54 Å². The number of nitrogens with zero attached hydrogens (tertiary/aromatic N) is 2. The Hall–Kier alpha value is -3.28. The van der Waals surface area contributed by atoms with Gasteiger partial charge in [0.25, 0.3) is 0 Å². The topological polar surface area (TPSA) is 68.3 Å². The molecule has 0 bridgehead atoms. The molecular weight excluding hydrogens is 340 g/mol. The first-order valence-corrected chi connectivity index (χ1v) is 8.85. The molecule has 0 unspecified atom stereocenters. The lowest BCUT2D eigenvalue weighted by atomic mass is 10.2. The molecule has 1 heterocycles. The van der Waals surface area contributed by atoms with Gasteiger partial charge in [0.05, 0.1) is 13.2 Å². The molecule has 0 fully saturated rings. The molecule has 0 aliphatic heterocycles. The van der Waals surface area contributed by atoms with E-state index in [0.717, 1.165) is 28.6 Å². The minimum absolute atomic E-state index is 0.155. The van der Waals surface area contributed by atoms with Crippen LogP contribution in [0.4, 0.5) is 17.3 Å². The van der Waals surface area contributed by atoms with Gasteiger partial charge in [0, 0.05) is 23.9 Å². The maximum atomic E-state index is 5.66. The summed E-state index contributed by atoms with van der Waals surface area (Å²) in [7, 11) is 1.67. The number of rotatable bonds is 8. The molecule has 1 aromatic heterocycles. The van der Waals surface area contributed by atoms with Crippen molar-refractivity contribution in [2.45, 2.75) is 26.5 Å². The zero-order valence-corrected chi connectivity index (χ0v) is 15.8. The Morgan fingerprint density at radius 2 is 1.70 bits per heavy atom. The van der Waals surface area contributed by atoms with Gasteiger partial charge in [-0.2, -0.15) is 0 Å². The van der Waals surface area contributed by atoms with Gasteiger partial charge in [0.15, 0.2) is 0 Å². The summed E-state index contributed by atoms with van der Waals surface area (Å²) < 4.78 is 11.0. The molecule has 27 heavy (non-hydrogen) atoms. The highest BCUT2D eigenvalue weighted by Gasteiger charge is 2.04. The van der Waals surface area contributed by atoms with Gasteiger partial charge in [-0.1, -0.05) is 18.2 Å². The van der Waals surface area contributed by atoms with Gasteiger partial charge < -0.3 is 20.1 Å². The lowest BCUT2D eigenvalue weighted by Crippen LogP contribution is -2.05. The monoisotopic (exact) mass is 364 g/mol. The van der Waals surface area contributed by atoms with E-state index >= 15 is 0 Å². The summed E-state index contributed by atoms with van der Waals surface area (Å²) in [5, 5.41) is 6.58. The van der Waals surface area contributed by atoms with Crippen molar-refractivity contribution in [3.63, 3.8) is 0 Å². The van der Waals surface area contributed by atoms with E-state index in [1.807, 2.05) is 68.4 Å². The molecule has 0 aliphatic rings. The first kappa shape index (κ1) is 18.5. The van der Waals surface area contributed by atoms with Crippen molar-refractivity contribution in [3.05, 3.63) is 66.5 Å². The molecule has 140 valence electrons. The molecule has 0 saturated heterocycles.